The van der Waals surface area contributed by atoms with Gasteiger partial charge in [0.05, 0.1) is 29.7 Å². The van der Waals surface area contributed by atoms with Crippen LogP contribution in [0.4, 0.5) is 14.9 Å². The maximum absolute atomic E-state index is 15.4. The number of ether oxygens (including phenoxy) is 4. The number of nitro groups is 1. The Bertz CT molecular complexity index is 2940. The summed E-state index contributed by atoms with van der Waals surface area (Å²) in [5, 5.41) is 38.7. The smallest absolute Gasteiger partial charge is 0.416 e. The van der Waals surface area contributed by atoms with E-state index in [4.69, 9.17) is 28.9 Å². The lowest BCUT2D eigenvalue weighted by Crippen LogP contribution is -2.70. The van der Waals surface area contributed by atoms with Crippen LogP contribution in [0.1, 0.15) is 73.1 Å². The average molecular weight is 990 g/mol. The summed E-state index contributed by atoms with van der Waals surface area (Å²) in [6, 6.07) is 40.0. The van der Waals surface area contributed by atoms with E-state index < -0.39 is 28.8 Å². The molecule has 3 aliphatic rings. The third-order valence-corrected chi connectivity index (χ3v) is 14.3. The van der Waals surface area contributed by atoms with Gasteiger partial charge in [-0.1, -0.05) is 121 Å². The third-order valence-electron chi connectivity index (χ3n) is 14.3. The number of carbonyl (C=O) groups excluding carboxylic acids is 1. The topological polar surface area (TPSA) is 162 Å². The molecule has 1 amide bonds. The Morgan fingerprint density at radius 2 is 1.56 bits per heavy atom. The van der Waals surface area contributed by atoms with Crippen LogP contribution in [0.5, 0.6) is 17.2 Å². The summed E-state index contributed by atoms with van der Waals surface area (Å²) in [5.41, 5.74) is 4.22. The number of carbonyl (C=O) groups is 1. The van der Waals surface area contributed by atoms with Gasteiger partial charge in [0.2, 0.25) is 5.79 Å². The molecule has 0 bridgehead atoms. The van der Waals surface area contributed by atoms with Crippen molar-refractivity contribution in [3.8, 4) is 17.2 Å². The largest absolute Gasteiger partial charge is 0.489 e. The Labute approximate surface area is 424 Å². The number of amides is 1. The minimum absolute atomic E-state index is 0.0146. The molecule has 6 aromatic carbocycles. The van der Waals surface area contributed by atoms with Crippen molar-refractivity contribution in [3.05, 3.63) is 202 Å². The van der Waals surface area contributed by atoms with Crippen LogP contribution >= 0.6 is 0 Å². The molecule has 0 aromatic heterocycles. The molecule has 0 spiro atoms. The number of hydrogen-bond donors (Lipinski definition) is 2. The molecule has 6 aromatic rings. The molecule has 6 unspecified atom stereocenters. The number of unbranched alkanes of at least 4 members (excludes halogenated alkanes) is 2. The summed E-state index contributed by atoms with van der Waals surface area (Å²) in [6.45, 7) is 4.34. The summed E-state index contributed by atoms with van der Waals surface area (Å²) in [5.74, 6) is -2.07. The second-order valence-electron chi connectivity index (χ2n) is 18.8. The predicted octanol–water partition coefficient (Wildman–Crippen LogP) is 12.0. The molecular formula is C59H60FN3O10. The number of allylic oxidation sites excluding steroid dienone is 1. The van der Waals surface area contributed by atoms with Gasteiger partial charge in [-0.15, -0.1) is 6.58 Å². The van der Waals surface area contributed by atoms with Crippen LogP contribution in [0.3, 0.4) is 0 Å². The highest BCUT2D eigenvalue weighted by atomic mass is 19.1. The highest BCUT2D eigenvalue weighted by Gasteiger charge is 2.66. The fourth-order valence-electron chi connectivity index (χ4n) is 11.0. The summed E-state index contributed by atoms with van der Waals surface area (Å²) in [6.07, 6.45) is 7.35. The van der Waals surface area contributed by atoms with Crippen molar-refractivity contribution in [3.63, 3.8) is 0 Å². The number of nitrogens with zero attached hydrogens (tertiary/aromatic N) is 3. The summed E-state index contributed by atoms with van der Waals surface area (Å²) in [4.78, 5) is 34.5. The van der Waals surface area contributed by atoms with E-state index in [2.05, 4.69) is 12.7 Å². The van der Waals surface area contributed by atoms with Crippen LogP contribution < -0.4 is 14.2 Å². The van der Waals surface area contributed by atoms with Crippen LogP contribution in [-0.2, 0) is 29.3 Å². The van der Waals surface area contributed by atoms with Crippen LogP contribution in [0, 0.1) is 33.7 Å². The first-order chi connectivity index (χ1) is 35.7. The second kappa shape index (κ2) is 23.4. The fourth-order valence-corrected chi connectivity index (χ4v) is 11.0. The van der Waals surface area contributed by atoms with Crippen molar-refractivity contribution in [2.75, 3.05) is 19.8 Å². The van der Waals surface area contributed by atoms with Gasteiger partial charge in [0.1, 0.15) is 42.3 Å². The standard InChI is InChI=1S/C59H60FN3O10/c1-2-33-70-59-55(62(37-43-21-14-20-41-17-6-8-22-48(41)43)58(66)72-46-27-25-45(26-28-46)63(67)68)36-53(61-71-38-40-15-4-3-5-16-40)50-34-42(18-10-12-31-64)49(23-11-13-32-65)56(57(50)59)51-35-47(29-30-54(51)73-59)69-39-44-19-7-9-24-52(44)60/h2-9,14-17,19-22,24-30,34-35,42,49,55-57,64-65H,1,10-13,18,23,31-33,36-39H2. The van der Waals surface area contributed by atoms with Gasteiger partial charge in [-0.2, -0.15) is 0 Å². The van der Waals surface area contributed by atoms with Crippen LogP contribution in [0.25, 0.3) is 10.8 Å². The first-order valence-corrected chi connectivity index (χ1v) is 25.0. The van der Waals surface area contributed by atoms with Crippen LogP contribution in [0.2, 0.25) is 0 Å². The first kappa shape index (κ1) is 50.5. The molecule has 2 aliphatic carbocycles. The van der Waals surface area contributed by atoms with Crippen molar-refractivity contribution in [2.24, 2.45) is 22.9 Å². The highest BCUT2D eigenvalue weighted by molar-refractivity contribution is 6.03. The number of aliphatic hydroxyl groups is 2. The van der Waals surface area contributed by atoms with Gasteiger partial charge in [0.15, 0.2) is 0 Å². The molecule has 6 atom stereocenters. The number of halogens is 1. The van der Waals surface area contributed by atoms with E-state index >= 15 is 4.79 Å². The van der Waals surface area contributed by atoms with Crippen molar-refractivity contribution in [2.45, 2.75) is 82.5 Å². The molecule has 1 aliphatic heterocycles. The highest BCUT2D eigenvalue weighted by Crippen LogP contribution is 2.62. The van der Waals surface area contributed by atoms with Crippen LogP contribution in [0.15, 0.2) is 169 Å². The van der Waals surface area contributed by atoms with E-state index in [1.165, 1.54) is 30.3 Å². The molecule has 14 heteroatoms. The quantitative estimate of drug-likeness (QED) is 0.0290. The molecule has 378 valence electrons. The van der Waals surface area contributed by atoms with Crippen molar-refractivity contribution >= 4 is 28.3 Å². The van der Waals surface area contributed by atoms with Gasteiger partial charge in [-0.05, 0) is 101 Å². The Hall–Kier alpha value is -7.39. The van der Waals surface area contributed by atoms with Gasteiger partial charge < -0.3 is 34.0 Å². The van der Waals surface area contributed by atoms with Crippen LogP contribution in [-0.4, -0.2) is 63.5 Å². The van der Waals surface area contributed by atoms with E-state index in [0.717, 1.165) is 45.9 Å². The van der Waals surface area contributed by atoms with Gasteiger partial charge in [0, 0.05) is 48.8 Å². The van der Waals surface area contributed by atoms with Crippen molar-refractivity contribution < 1.29 is 48.1 Å². The van der Waals surface area contributed by atoms with E-state index in [0.29, 0.717) is 48.5 Å². The summed E-state index contributed by atoms with van der Waals surface area (Å²) < 4.78 is 42.2. The van der Waals surface area contributed by atoms with E-state index in [9.17, 15) is 24.7 Å². The number of non-ortho nitro benzene ring substituents is 1. The lowest BCUT2D eigenvalue weighted by molar-refractivity contribution is -0.384. The number of hydrogen-bond acceptors (Lipinski definition) is 11. The van der Waals surface area contributed by atoms with E-state index in [-0.39, 0.29) is 81.0 Å². The minimum atomic E-state index is -1.64. The number of rotatable bonds is 22. The molecule has 2 N–H and O–H groups in total. The Balaban J connectivity index is 1.25. The maximum Gasteiger partial charge on any atom is 0.416 e. The lowest BCUT2D eigenvalue weighted by Gasteiger charge is -2.59. The SMILES string of the molecule is C=CCOC12Oc3ccc(OCc4ccccc4F)cc3C3C(CCCCO)C(CCCCO)C=C(C(=NOCc4ccccc4)CC1N(Cc1cccc4ccccc14)C(=O)Oc1ccc([N+](=O)[O-])cc1)C32. The number of benzene rings is 6. The number of nitro benzene ring substituents is 1. The Morgan fingerprint density at radius 3 is 2.33 bits per heavy atom. The molecule has 13 nitrogen and oxygen atoms in total. The predicted molar refractivity (Wildman–Crippen MR) is 276 cm³/mol. The molecule has 1 heterocycles. The van der Waals surface area contributed by atoms with Crippen molar-refractivity contribution in [1.29, 1.82) is 0 Å². The van der Waals surface area contributed by atoms with Gasteiger partial charge >= 0.3 is 6.09 Å². The normalized spacial score (nSPS) is 21.3. The van der Waals surface area contributed by atoms with Gasteiger partial charge in [0.25, 0.3) is 5.69 Å². The maximum atomic E-state index is 15.4. The zero-order chi connectivity index (χ0) is 50.7. The number of aliphatic hydroxyl groups excluding tert-OH is 2. The number of oxime groups is 1. The molecule has 1 fully saturated rings. The first-order valence-electron chi connectivity index (χ1n) is 25.0. The fraction of sp³-hybridized carbons (Fsp3) is 0.322. The third kappa shape index (κ3) is 11.2. The Morgan fingerprint density at radius 1 is 0.849 bits per heavy atom. The van der Waals surface area contributed by atoms with Gasteiger partial charge in [-0.3, -0.25) is 15.0 Å². The summed E-state index contributed by atoms with van der Waals surface area (Å²) in [7, 11) is 0. The average Bonchev–Trinajstić information content (AvgIpc) is 3.41. The zero-order valence-corrected chi connectivity index (χ0v) is 40.6. The van der Waals surface area contributed by atoms with Gasteiger partial charge in [-0.25, -0.2) is 9.18 Å². The lowest BCUT2D eigenvalue weighted by atomic mass is 9.55. The van der Waals surface area contributed by atoms with E-state index in [1.807, 2.05) is 84.9 Å². The number of fused-ring (bicyclic) bond motifs is 3. The molecule has 73 heavy (non-hydrogen) atoms. The second-order valence-corrected chi connectivity index (χ2v) is 18.8. The minimum Gasteiger partial charge on any atom is -0.489 e. The molecular weight excluding hydrogens is 930 g/mol. The molecule has 0 saturated heterocycles. The molecule has 9 rings (SSSR count). The summed E-state index contributed by atoms with van der Waals surface area (Å²) >= 11 is 0. The Kier molecular flexibility index (Phi) is 16.2. The van der Waals surface area contributed by atoms with E-state index in [1.54, 1.807) is 35.2 Å². The van der Waals surface area contributed by atoms with Crippen molar-refractivity contribution in [1.82, 2.24) is 4.90 Å². The zero-order valence-electron chi connectivity index (χ0n) is 40.6. The molecule has 0 radical (unpaired) electrons. The monoisotopic (exact) mass is 989 g/mol. The molecule has 1 saturated carbocycles.